The molecule has 1 saturated carbocycles. The lowest BCUT2D eigenvalue weighted by Crippen LogP contribution is -2.58. The molecular formula is C15H25N3O2. The largest absolute Gasteiger partial charge is 0.363 e. The van der Waals surface area contributed by atoms with Crippen LogP contribution in [0, 0.1) is 0 Å². The Hall–Kier alpha value is -0.940. The van der Waals surface area contributed by atoms with Gasteiger partial charge in [0.15, 0.2) is 5.82 Å². The van der Waals surface area contributed by atoms with Crippen molar-refractivity contribution in [3.8, 4) is 0 Å². The Balaban J connectivity index is 1.54. The minimum absolute atomic E-state index is 0.0606. The maximum atomic E-state index is 5.84. The summed E-state index contributed by atoms with van der Waals surface area (Å²) < 4.78 is 11.2. The highest BCUT2D eigenvalue weighted by Gasteiger charge is 2.33. The zero-order chi connectivity index (χ0) is 13.8. The van der Waals surface area contributed by atoms with Crippen molar-refractivity contribution < 1.29 is 9.26 Å². The summed E-state index contributed by atoms with van der Waals surface area (Å²) in [4.78, 5) is 4.54. The van der Waals surface area contributed by atoms with Crippen molar-refractivity contribution in [3.05, 3.63) is 11.7 Å². The van der Waals surface area contributed by atoms with Crippen molar-refractivity contribution >= 4 is 0 Å². The summed E-state index contributed by atoms with van der Waals surface area (Å²) in [5, 5.41) is 7.39. The van der Waals surface area contributed by atoms with Crippen molar-refractivity contribution in [2.45, 2.75) is 70.0 Å². The lowest BCUT2D eigenvalue weighted by molar-refractivity contribution is -0.0841. The van der Waals surface area contributed by atoms with Gasteiger partial charge in [-0.05, 0) is 19.8 Å². The van der Waals surface area contributed by atoms with E-state index in [4.69, 9.17) is 9.26 Å². The van der Waals surface area contributed by atoms with Crippen molar-refractivity contribution in [1.29, 1.82) is 0 Å². The van der Waals surface area contributed by atoms with E-state index in [0.29, 0.717) is 18.4 Å². The van der Waals surface area contributed by atoms with E-state index >= 15 is 0 Å². The fraction of sp³-hybridized carbons (Fsp3) is 0.867. The van der Waals surface area contributed by atoms with E-state index < -0.39 is 0 Å². The van der Waals surface area contributed by atoms with E-state index in [2.05, 4.69) is 22.4 Å². The first kappa shape index (κ1) is 14.0. The molecule has 1 aromatic rings. The molecule has 0 atom stereocenters. The fourth-order valence-electron chi connectivity index (χ4n) is 3.02. The van der Waals surface area contributed by atoms with Crippen LogP contribution in [0.4, 0.5) is 0 Å². The van der Waals surface area contributed by atoms with Gasteiger partial charge in [0.25, 0.3) is 5.89 Å². The zero-order valence-electron chi connectivity index (χ0n) is 12.4. The van der Waals surface area contributed by atoms with E-state index in [1.807, 2.05) is 0 Å². The first-order valence-corrected chi connectivity index (χ1v) is 7.92. The first-order valence-electron chi connectivity index (χ1n) is 7.92. The minimum Gasteiger partial charge on any atom is -0.363 e. The van der Waals surface area contributed by atoms with E-state index in [1.165, 1.54) is 44.9 Å². The van der Waals surface area contributed by atoms with Crippen LogP contribution in [0.3, 0.4) is 0 Å². The molecule has 1 N–H and O–H groups in total. The predicted molar refractivity (Wildman–Crippen MR) is 75.4 cm³/mol. The molecule has 1 aliphatic carbocycles. The number of rotatable bonds is 4. The molecule has 0 aromatic carbocycles. The molecule has 0 unspecified atom stereocenters. The number of aromatic nitrogens is 2. The monoisotopic (exact) mass is 279 g/mol. The van der Waals surface area contributed by atoms with Gasteiger partial charge < -0.3 is 14.6 Å². The third-order valence-electron chi connectivity index (χ3n) is 4.50. The Labute approximate surface area is 120 Å². The second-order valence-corrected chi connectivity index (χ2v) is 6.43. The molecule has 1 saturated heterocycles. The van der Waals surface area contributed by atoms with Gasteiger partial charge in [-0.1, -0.05) is 37.3 Å². The quantitative estimate of drug-likeness (QED) is 0.918. The predicted octanol–water partition coefficient (Wildman–Crippen LogP) is 2.78. The Kier molecular flexibility index (Phi) is 4.36. The lowest BCUT2D eigenvalue weighted by atomic mass is 9.91. The van der Waals surface area contributed by atoms with Crippen LogP contribution in [-0.2, 0) is 11.3 Å². The van der Waals surface area contributed by atoms with Crippen LogP contribution in [0.5, 0.6) is 0 Å². The van der Waals surface area contributed by atoms with Crippen LogP contribution in [0.15, 0.2) is 4.52 Å². The third kappa shape index (κ3) is 3.38. The summed E-state index contributed by atoms with van der Waals surface area (Å²) in [7, 11) is 0. The molecule has 0 spiro atoms. The average molecular weight is 279 g/mol. The van der Waals surface area contributed by atoms with Gasteiger partial charge in [-0.3, -0.25) is 0 Å². The van der Waals surface area contributed by atoms with Gasteiger partial charge in [-0.2, -0.15) is 4.98 Å². The second kappa shape index (κ2) is 6.22. The van der Waals surface area contributed by atoms with Crippen molar-refractivity contribution in [3.63, 3.8) is 0 Å². The molecule has 0 amide bonds. The highest BCUT2D eigenvalue weighted by atomic mass is 16.5. The molecule has 2 fully saturated rings. The van der Waals surface area contributed by atoms with E-state index in [9.17, 15) is 0 Å². The molecule has 5 heteroatoms. The molecule has 3 rings (SSSR count). The van der Waals surface area contributed by atoms with E-state index in [-0.39, 0.29) is 5.60 Å². The summed E-state index contributed by atoms with van der Waals surface area (Å²) in [6.45, 7) is 4.33. The summed E-state index contributed by atoms with van der Waals surface area (Å²) >= 11 is 0. The highest BCUT2D eigenvalue weighted by Crippen LogP contribution is 2.29. The highest BCUT2D eigenvalue weighted by molar-refractivity contribution is 4.96. The number of nitrogens with one attached hydrogen (secondary N) is 1. The van der Waals surface area contributed by atoms with Gasteiger partial charge in [-0.15, -0.1) is 0 Å². The summed E-state index contributed by atoms with van der Waals surface area (Å²) in [6.07, 6.45) is 9.03. The first-order chi connectivity index (χ1) is 9.75. The Morgan fingerprint density at radius 2 is 1.90 bits per heavy atom. The maximum Gasteiger partial charge on any atom is 0.252 e. The number of hydrogen-bond donors (Lipinski definition) is 1. The summed E-state index contributed by atoms with van der Waals surface area (Å²) in [5.41, 5.74) is -0.0606. The SMILES string of the molecule is CC1(OCc2nc(C3CCCCCCC3)no2)CNC1. The summed E-state index contributed by atoms with van der Waals surface area (Å²) in [6, 6.07) is 0. The number of hydrogen-bond acceptors (Lipinski definition) is 5. The van der Waals surface area contributed by atoms with Crippen LogP contribution in [0.2, 0.25) is 0 Å². The third-order valence-corrected chi connectivity index (χ3v) is 4.50. The van der Waals surface area contributed by atoms with Gasteiger partial charge in [0.05, 0.1) is 5.60 Å². The Morgan fingerprint density at radius 3 is 2.55 bits per heavy atom. The van der Waals surface area contributed by atoms with Gasteiger partial charge in [-0.25, -0.2) is 0 Å². The van der Waals surface area contributed by atoms with Crippen molar-refractivity contribution in [2.75, 3.05) is 13.1 Å². The fourth-order valence-corrected chi connectivity index (χ4v) is 3.02. The maximum absolute atomic E-state index is 5.84. The molecular weight excluding hydrogens is 254 g/mol. The molecule has 1 aliphatic heterocycles. The van der Waals surface area contributed by atoms with Crippen molar-refractivity contribution in [1.82, 2.24) is 15.5 Å². The normalized spacial score (nSPS) is 23.9. The average Bonchev–Trinajstić information content (AvgIpc) is 2.82. The minimum atomic E-state index is -0.0606. The van der Waals surface area contributed by atoms with Crippen LogP contribution >= 0.6 is 0 Å². The lowest BCUT2D eigenvalue weighted by Gasteiger charge is -2.38. The molecule has 2 aliphatic rings. The van der Waals surface area contributed by atoms with Crippen LogP contribution in [0.1, 0.15) is 69.5 Å². The second-order valence-electron chi connectivity index (χ2n) is 6.43. The molecule has 2 heterocycles. The topological polar surface area (TPSA) is 60.2 Å². The van der Waals surface area contributed by atoms with Crippen LogP contribution < -0.4 is 5.32 Å². The Morgan fingerprint density at radius 1 is 1.20 bits per heavy atom. The van der Waals surface area contributed by atoms with E-state index in [1.54, 1.807) is 0 Å². The molecule has 0 radical (unpaired) electrons. The smallest absolute Gasteiger partial charge is 0.252 e. The number of nitrogens with zero attached hydrogens (tertiary/aromatic N) is 2. The van der Waals surface area contributed by atoms with Gasteiger partial charge in [0.2, 0.25) is 0 Å². The van der Waals surface area contributed by atoms with Gasteiger partial charge in [0.1, 0.15) is 6.61 Å². The molecule has 5 nitrogen and oxygen atoms in total. The molecule has 1 aromatic heterocycles. The van der Waals surface area contributed by atoms with E-state index in [0.717, 1.165) is 18.9 Å². The Bertz CT molecular complexity index is 421. The molecule has 0 bridgehead atoms. The van der Waals surface area contributed by atoms with Crippen LogP contribution in [-0.4, -0.2) is 28.8 Å². The van der Waals surface area contributed by atoms with Gasteiger partial charge in [0, 0.05) is 19.0 Å². The van der Waals surface area contributed by atoms with Crippen LogP contribution in [0.25, 0.3) is 0 Å². The number of ether oxygens (including phenoxy) is 1. The standard InChI is InChI=1S/C15H25N3O2/c1-15(10-16-11-15)19-9-13-17-14(18-20-13)12-7-5-3-2-4-6-8-12/h12,16H,2-11H2,1H3. The molecule has 20 heavy (non-hydrogen) atoms. The summed E-state index contributed by atoms with van der Waals surface area (Å²) in [5.74, 6) is 1.99. The van der Waals surface area contributed by atoms with Gasteiger partial charge >= 0.3 is 0 Å². The molecule has 112 valence electrons. The van der Waals surface area contributed by atoms with Crippen molar-refractivity contribution in [2.24, 2.45) is 0 Å². The zero-order valence-corrected chi connectivity index (χ0v) is 12.4.